The molecule has 0 unspecified atom stereocenters. The molecule has 0 fully saturated rings. The van der Waals surface area contributed by atoms with E-state index in [4.69, 9.17) is 11.6 Å². The third kappa shape index (κ3) is 4.32. The van der Waals surface area contributed by atoms with Crippen LogP contribution in [0.3, 0.4) is 0 Å². The summed E-state index contributed by atoms with van der Waals surface area (Å²) >= 11 is 6.98. The van der Waals surface area contributed by atoms with Gasteiger partial charge in [0.15, 0.2) is 5.13 Å². The summed E-state index contributed by atoms with van der Waals surface area (Å²) in [5.41, 5.74) is 1.29. The van der Waals surface area contributed by atoms with E-state index in [-0.39, 0.29) is 11.7 Å². The molecule has 1 aromatic heterocycles. The molecule has 0 aliphatic heterocycles. The van der Waals surface area contributed by atoms with Gasteiger partial charge >= 0.3 is 6.61 Å². The van der Waals surface area contributed by atoms with Crippen LogP contribution in [0.5, 0.6) is 5.75 Å². The zero-order valence-electron chi connectivity index (χ0n) is 12.6. The van der Waals surface area contributed by atoms with Gasteiger partial charge in [-0.1, -0.05) is 23.7 Å². The van der Waals surface area contributed by atoms with Gasteiger partial charge in [-0.05, 0) is 36.4 Å². The topological polar surface area (TPSA) is 51.2 Å². The second-order valence-electron chi connectivity index (χ2n) is 4.87. The van der Waals surface area contributed by atoms with E-state index >= 15 is 0 Å². The molecular weight excluding hydrogens is 370 g/mol. The largest absolute Gasteiger partial charge is 0.434 e. The number of alkyl halides is 2. The number of carbonyl (C=O) groups excluding carboxylic acids is 1. The van der Waals surface area contributed by atoms with Crippen molar-refractivity contribution in [1.29, 1.82) is 0 Å². The van der Waals surface area contributed by atoms with E-state index in [2.05, 4.69) is 15.0 Å². The number of anilines is 1. The summed E-state index contributed by atoms with van der Waals surface area (Å²) < 4.78 is 29.5. The first-order valence-electron chi connectivity index (χ1n) is 7.09. The van der Waals surface area contributed by atoms with Crippen molar-refractivity contribution in [2.75, 3.05) is 5.32 Å². The first-order chi connectivity index (χ1) is 12.0. The van der Waals surface area contributed by atoms with E-state index in [1.165, 1.54) is 17.4 Å². The molecule has 0 aliphatic rings. The van der Waals surface area contributed by atoms with Gasteiger partial charge in [0.2, 0.25) is 0 Å². The number of carbonyl (C=O) groups is 1. The molecule has 0 saturated carbocycles. The van der Waals surface area contributed by atoms with Crippen LogP contribution in [-0.4, -0.2) is 17.5 Å². The number of rotatable bonds is 5. The number of hydrogen-bond donors (Lipinski definition) is 1. The highest BCUT2D eigenvalue weighted by molar-refractivity contribution is 7.14. The zero-order valence-corrected chi connectivity index (χ0v) is 14.2. The highest BCUT2D eigenvalue weighted by Crippen LogP contribution is 2.33. The van der Waals surface area contributed by atoms with E-state index in [0.717, 1.165) is 0 Å². The van der Waals surface area contributed by atoms with Crippen molar-refractivity contribution < 1.29 is 18.3 Å². The minimum absolute atomic E-state index is 0.0263. The minimum Gasteiger partial charge on any atom is -0.434 e. The number of amides is 1. The van der Waals surface area contributed by atoms with Crippen molar-refractivity contribution in [2.24, 2.45) is 0 Å². The standard InChI is InChI=1S/C17H11ClF2N2O2S/c18-11-7-5-10(6-8-11)15(23)22-17-21-13(9-25-17)12-3-1-2-4-14(12)24-16(19)20/h1-9,16H,(H,21,22,23). The number of ether oxygens (including phenoxy) is 1. The van der Waals surface area contributed by atoms with Gasteiger partial charge in [0.05, 0.1) is 5.69 Å². The molecule has 1 heterocycles. The van der Waals surface area contributed by atoms with Crippen LogP contribution in [0.1, 0.15) is 10.4 Å². The zero-order chi connectivity index (χ0) is 17.8. The number of hydrogen-bond acceptors (Lipinski definition) is 4. The molecule has 4 nitrogen and oxygen atoms in total. The van der Waals surface area contributed by atoms with Crippen LogP contribution in [0.4, 0.5) is 13.9 Å². The molecule has 0 spiro atoms. The minimum atomic E-state index is -2.93. The maximum atomic E-state index is 12.5. The molecule has 0 atom stereocenters. The smallest absolute Gasteiger partial charge is 0.387 e. The molecule has 0 radical (unpaired) electrons. The maximum Gasteiger partial charge on any atom is 0.387 e. The lowest BCUT2D eigenvalue weighted by Gasteiger charge is -2.08. The van der Waals surface area contributed by atoms with Gasteiger partial charge < -0.3 is 4.74 Å². The Balaban J connectivity index is 1.79. The first kappa shape index (κ1) is 17.3. The molecule has 3 aromatic rings. The Morgan fingerprint density at radius 3 is 2.60 bits per heavy atom. The Kier molecular flexibility index (Phi) is 5.25. The number of nitrogens with one attached hydrogen (secondary N) is 1. The molecule has 8 heteroatoms. The van der Waals surface area contributed by atoms with Crippen LogP contribution in [-0.2, 0) is 0 Å². The summed E-state index contributed by atoms with van der Waals surface area (Å²) in [4.78, 5) is 16.4. The van der Waals surface area contributed by atoms with E-state index in [1.54, 1.807) is 47.8 Å². The lowest BCUT2D eigenvalue weighted by atomic mass is 10.1. The molecule has 25 heavy (non-hydrogen) atoms. The Hall–Kier alpha value is -2.51. The molecule has 2 aromatic carbocycles. The first-order valence-corrected chi connectivity index (χ1v) is 8.35. The van der Waals surface area contributed by atoms with Crippen molar-refractivity contribution in [3.05, 3.63) is 64.5 Å². The number of aromatic nitrogens is 1. The van der Waals surface area contributed by atoms with Gasteiger partial charge in [-0.15, -0.1) is 11.3 Å². The van der Waals surface area contributed by atoms with Crippen molar-refractivity contribution in [3.8, 4) is 17.0 Å². The maximum absolute atomic E-state index is 12.5. The lowest BCUT2D eigenvalue weighted by Crippen LogP contribution is -2.11. The molecule has 128 valence electrons. The number of thiazole rings is 1. The predicted molar refractivity (Wildman–Crippen MR) is 93.6 cm³/mol. The van der Waals surface area contributed by atoms with Gasteiger partial charge in [0.25, 0.3) is 5.91 Å². The van der Waals surface area contributed by atoms with Crippen LogP contribution in [0.15, 0.2) is 53.9 Å². The molecule has 0 bridgehead atoms. The van der Waals surface area contributed by atoms with Gasteiger partial charge in [-0.2, -0.15) is 8.78 Å². The summed E-state index contributed by atoms with van der Waals surface area (Å²) in [5.74, 6) is -0.312. The third-order valence-corrected chi connectivity index (χ3v) is 4.22. The van der Waals surface area contributed by atoms with Crippen LogP contribution in [0, 0.1) is 0 Å². The lowest BCUT2D eigenvalue weighted by molar-refractivity contribution is -0.0494. The second kappa shape index (κ2) is 7.58. The fourth-order valence-electron chi connectivity index (χ4n) is 2.10. The number of nitrogens with zero attached hydrogens (tertiary/aromatic N) is 1. The van der Waals surface area contributed by atoms with Gasteiger partial charge in [-0.3, -0.25) is 10.1 Å². The van der Waals surface area contributed by atoms with Crippen molar-refractivity contribution >= 4 is 34.0 Å². The number of halogens is 3. The van der Waals surface area contributed by atoms with E-state index in [9.17, 15) is 13.6 Å². The fraction of sp³-hybridized carbons (Fsp3) is 0.0588. The van der Waals surface area contributed by atoms with Crippen molar-refractivity contribution in [2.45, 2.75) is 6.61 Å². The highest BCUT2D eigenvalue weighted by Gasteiger charge is 2.14. The van der Waals surface area contributed by atoms with Crippen molar-refractivity contribution in [1.82, 2.24) is 4.98 Å². The average Bonchev–Trinajstić information content (AvgIpc) is 3.03. The molecule has 0 saturated heterocycles. The van der Waals surface area contributed by atoms with Crippen LogP contribution < -0.4 is 10.1 Å². The Morgan fingerprint density at radius 2 is 1.88 bits per heavy atom. The fourth-order valence-corrected chi connectivity index (χ4v) is 2.93. The number of para-hydroxylation sites is 1. The van der Waals surface area contributed by atoms with Gasteiger partial charge in [0.1, 0.15) is 5.75 Å². The second-order valence-corrected chi connectivity index (χ2v) is 6.17. The monoisotopic (exact) mass is 380 g/mol. The van der Waals surface area contributed by atoms with E-state index < -0.39 is 6.61 Å². The Labute approximate surface area is 151 Å². The predicted octanol–water partition coefficient (Wildman–Crippen LogP) is 5.32. The van der Waals surface area contributed by atoms with E-state index in [0.29, 0.717) is 27.0 Å². The van der Waals surface area contributed by atoms with Crippen LogP contribution in [0.25, 0.3) is 11.3 Å². The third-order valence-electron chi connectivity index (χ3n) is 3.21. The Bertz CT molecular complexity index is 884. The normalized spacial score (nSPS) is 10.7. The molecule has 1 N–H and O–H groups in total. The summed E-state index contributed by atoms with van der Waals surface area (Å²) in [7, 11) is 0. The SMILES string of the molecule is O=C(Nc1nc(-c2ccccc2OC(F)F)cs1)c1ccc(Cl)cc1. The average molecular weight is 381 g/mol. The summed E-state index contributed by atoms with van der Waals surface area (Å²) in [6.07, 6.45) is 0. The van der Waals surface area contributed by atoms with E-state index in [1.807, 2.05) is 0 Å². The van der Waals surface area contributed by atoms with Gasteiger partial charge in [-0.25, -0.2) is 4.98 Å². The molecule has 1 amide bonds. The number of benzene rings is 2. The highest BCUT2D eigenvalue weighted by atomic mass is 35.5. The van der Waals surface area contributed by atoms with Gasteiger partial charge in [0, 0.05) is 21.5 Å². The molecule has 3 rings (SSSR count). The Morgan fingerprint density at radius 1 is 1.16 bits per heavy atom. The molecule has 0 aliphatic carbocycles. The van der Waals surface area contributed by atoms with Crippen molar-refractivity contribution in [3.63, 3.8) is 0 Å². The summed E-state index contributed by atoms with van der Waals surface area (Å²) in [6, 6.07) is 12.8. The summed E-state index contributed by atoms with van der Waals surface area (Å²) in [6.45, 7) is -2.93. The van der Waals surface area contributed by atoms with Crippen LogP contribution >= 0.6 is 22.9 Å². The van der Waals surface area contributed by atoms with Crippen LogP contribution in [0.2, 0.25) is 5.02 Å². The quantitative estimate of drug-likeness (QED) is 0.652. The molecular formula is C17H11ClF2N2O2S. The summed E-state index contributed by atoms with van der Waals surface area (Å²) in [5, 5.41) is 5.20.